The van der Waals surface area contributed by atoms with E-state index in [9.17, 15) is 9.59 Å². The number of nitrogens with zero attached hydrogens (tertiary/aromatic N) is 2. The van der Waals surface area contributed by atoms with Crippen LogP contribution in [0.4, 0.5) is 0 Å². The van der Waals surface area contributed by atoms with E-state index in [4.69, 9.17) is 16.3 Å². The maximum atomic E-state index is 12.6. The first-order valence-corrected chi connectivity index (χ1v) is 12.5. The first kappa shape index (κ1) is 23.3. The number of benzene rings is 2. The van der Waals surface area contributed by atoms with Gasteiger partial charge in [-0.05, 0) is 48.9 Å². The van der Waals surface area contributed by atoms with E-state index in [1.165, 1.54) is 0 Å². The summed E-state index contributed by atoms with van der Waals surface area (Å²) < 4.78 is 5.56. The molecule has 1 fully saturated rings. The fourth-order valence-corrected chi connectivity index (χ4v) is 4.47. The molecule has 5 nitrogen and oxygen atoms in total. The number of amides is 1. The fraction of sp³-hybridized carbons (Fsp3) is 0.269. The number of rotatable bonds is 6. The van der Waals surface area contributed by atoms with Gasteiger partial charge in [-0.15, -0.1) is 11.8 Å². The number of aromatic nitrogens is 1. The second-order valence-electron chi connectivity index (χ2n) is 7.95. The molecule has 7 heteroatoms. The average molecular weight is 481 g/mol. The van der Waals surface area contributed by atoms with Crippen molar-refractivity contribution < 1.29 is 14.3 Å². The van der Waals surface area contributed by atoms with Gasteiger partial charge in [-0.1, -0.05) is 48.0 Å². The summed E-state index contributed by atoms with van der Waals surface area (Å²) in [6, 6.07) is 17.6. The lowest BCUT2D eigenvalue weighted by molar-refractivity contribution is -0.152. The van der Waals surface area contributed by atoms with Crippen LogP contribution in [0, 0.1) is 5.92 Å². The minimum absolute atomic E-state index is 0.0377. The van der Waals surface area contributed by atoms with E-state index in [1.54, 1.807) is 22.7 Å². The monoisotopic (exact) mass is 480 g/mol. The van der Waals surface area contributed by atoms with Crippen molar-refractivity contribution in [3.8, 4) is 0 Å². The van der Waals surface area contributed by atoms with Gasteiger partial charge in [0.25, 0.3) is 0 Å². The van der Waals surface area contributed by atoms with Gasteiger partial charge >= 0.3 is 5.97 Å². The van der Waals surface area contributed by atoms with E-state index in [-0.39, 0.29) is 24.4 Å². The summed E-state index contributed by atoms with van der Waals surface area (Å²) in [6.45, 7) is 1.16. The minimum atomic E-state index is -0.254. The van der Waals surface area contributed by atoms with E-state index < -0.39 is 0 Å². The van der Waals surface area contributed by atoms with Gasteiger partial charge in [0.05, 0.1) is 11.4 Å². The molecular formula is C26H25ClN2O3S. The van der Waals surface area contributed by atoms with Crippen molar-refractivity contribution in [2.24, 2.45) is 5.92 Å². The van der Waals surface area contributed by atoms with Gasteiger partial charge in [0, 0.05) is 35.0 Å². The zero-order valence-corrected chi connectivity index (χ0v) is 19.9. The minimum Gasteiger partial charge on any atom is -0.460 e. The Kier molecular flexibility index (Phi) is 7.68. The molecule has 2 aromatic carbocycles. The molecule has 0 bridgehead atoms. The summed E-state index contributed by atoms with van der Waals surface area (Å²) in [5.74, 6) is -0.511. The molecule has 0 spiro atoms. The lowest BCUT2D eigenvalue weighted by Crippen LogP contribution is -2.39. The summed E-state index contributed by atoms with van der Waals surface area (Å²) in [5, 5.41) is 1.30. The second-order valence-corrected chi connectivity index (χ2v) is 9.19. The van der Waals surface area contributed by atoms with E-state index >= 15 is 0 Å². The average Bonchev–Trinajstić information content (AvgIpc) is 2.86. The molecule has 1 aliphatic rings. The Morgan fingerprint density at radius 2 is 1.91 bits per heavy atom. The Balaban J connectivity index is 1.29. The topological polar surface area (TPSA) is 59.5 Å². The van der Waals surface area contributed by atoms with Gasteiger partial charge in [-0.3, -0.25) is 9.59 Å². The van der Waals surface area contributed by atoms with Crippen LogP contribution in [0.5, 0.6) is 0 Å². The predicted molar refractivity (Wildman–Crippen MR) is 133 cm³/mol. The molecule has 0 saturated carbocycles. The predicted octanol–water partition coefficient (Wildman–Crippen LogP) is 5.61. The SMILES string of the molecule is CSc1ccc2cc(COC(=O)C3CCN(C(=O)/C=C/c4ccccc4)CC3)c(Cl)nc2c1. The number of ether oxygens (including phenoxy) is 1. The molecule has 0 aliphatic carbocycles. The molecule has 4 rings (SSSR count). The Morgan fingerprint density at radius 1 is 1.15 bits per heavy atom. The van der Waals surface area contributed by atoms with Crippen LogP contribution < -0.4 is 0 Å². The lowest BCUT2D eigenvalue weighted by Gasteiger charge is -2.30. The van der Waals surface area contributed by atoms with Gasteiger partial charge in [0.1, 0.15) is 11.8 Å². The third-order valence-corrected chi connectivity index (χ3v) is 6.83. The summed E-state index contributed by atoms with van der Waals surface area (Å²) in [6.07, 6.45) is 6.59. The maximum Gasteiger partial charge on any atom is 0.309 e. The zero-order chi connectivity index (χ0) is 23.2. The molecule has 33 heavy (non-hydrogen) atoms. The second kappa shape index (κ2) is 10.9. The quantitative estimate of drug-likeness (QED) is 0.199. The van der Waals surface area contributed by atoms with Crippen molar-refractivity contribution in [3.05, 3.63) is 77.0 Å². The molecule has 1 aromatic heterocycles. The van der Waals surface area contributed by atoms with E-state index in [0.29, 0.717) is 36.6 Å². The van der Waals surface area contributed by atoms with Crippen LogP contribution >= 0.6 is 23.4 Å². The van der Waals surface area contributed by atoms with Gasteiger partial charge in [0.2, 0.25) is 5.91 Å². The van der Waals surface area contributed by atoms with Crippen molar-refractivity contribution in [3.63, 3.8) is 0 Å². The third-order valence-electron chi connectivity index (χ3n) is 5.78. The molecule has 2 heterocycles. The van der Waals surface area contributed by atoms with Gasteiger partial charge in [-0.25, -0.2) is 4.98 Å². The number of pyridine rings is 1. The van der Waals surface area contributed by atoms with Crippen LogP contribution in [-0.4, -0.2) is 41.1 Å². The fourth-order valence-electron chi connectivity index (χ4n) is 3.83. The highest BCUT2D eigenvalue weighted by atomic mass is 35.5. The molecule has 3 aromatic rings. The molecule has 0 radical (unpaired) electrons. The Labute approximate surface area is 202 Å². The Hall–Kier alpha value is -2.83. The van der Waals surface area contributed by atoms with Gasteiger partial charge in [-0.2, -0.15) is 0 Å². The van der Waals surface area contributed by atoms with Crippen LogP contribution in [0.1, 0.15) is 24.0 Å². The number of carbonyl (C=O) groups excluding carboxylic acids is 2. The Morgan fingerprint density at radius 3 is 2.64 bits per heavy atom. The molecule has 0 unspecified atom stereocenters. The summed E-state index contributed by atoms with van der Waals surface area (Å²) in [7, 11) is 0. The summed E-state index contributed by atoms with van der Waals surface area (Å²) in [4.78, 5) is 32.4. The van der Waals surface area contributed by atoms with Crippen LogP contribution in [0.3, 0.4) is 0 Å². The standard InChI is InChI=1S/C26H25ClN2O3S/c1-33-22-9-8-20-15-21(25(27)28-23(20)16-22)17-32-26(31)19-11-13-29(14-12-19)24(30)10-7-18-5-3-2-4-6-18/h2-10,15-16,19H,11-14,17H2,1H3/b10-7+. The van der Waals surface area contributed by atoms with Gasteiger partial charge < -0.3 is 9.64 Å². The van der Waals surface area contributed by atoms with Crippen LogP contribution in [0.15, 0.2) is 65.6 Å². The number of hydrogen-bond acceptors (Lipinski definition) is 5. The normalized spacial score (nSPS) is 14.7. The smallest absolute Gasteiger partial charge is 0.309 e. The lowest BCUT2D eigenvalue weighted by atomic mass is 9.97. The van der Waals surface area contributed by atoms with Crippen molar-refractivity contribution >= 4 is 52.2 Å². The highest BCUT2D eigenvalue weighted by molar-refractivity contribution is 7.98. The van der Waals surface area contributed by atoms with E-state index in [1.807, 2.05) is 66.9 Å². The van der Waals surface area contributed by atoms with Crippen molar-refractivity contribution in [2.45, 2.75) is 24.3 Å². The molecular weight excluding hydrogens is 456 g/mol. The third kappa shape index (κ3) is 5.95. The summed E-state index contributed by atoms with van der Waals surface area (Å²) >= 11 is 7.98. The molecule has 0 atom stereocenters. The number of hydrogen-bond donors (Lipinski definition) is 0. The summed E-state index contributed by atoms with van der Waals surface area (Å²) in [5.41, 5.74) is 2.49. The van der Waals surface area contributed by atoms with E-state index in [2.05, 4.69) is 4.98 Å². The van der Waals surface area contributed by atoms with Crippen molar-refractivity contribution in [1.29, 1.82) is 0 Å². The largest absolute Gasteiger partial charge is 0.460 e. The number of thioether (sulfide) groups is 1. The van der Waals surface area contributed by atoms with E-state index in [0.717, 1.165) is 21.4 Å². The number of piperidine rings is 1. The highest BCUT2D eigenvalue weighted by Crippen LogP contribution is 2.26. The van der Waals surface area contributed by atoms with Crippen molar-refractivity contribution in [1.82, 2.24) is 9.88 Å². The number of likely N-dealkylation sites (tertiary alicyclic amines) is 1. The molecule has 1 aliphatic heterocycles. The maximum absolute atomic E-state index is 12.6. The van der Waals surface area contributed by atoms with Gasteiger partial charge in [0.15, 0.2) is 0 Å². The zero-order valence-electron chi connectivity index (χ0n) is 18.4. The highest BCUT2D eigenvalue weighted by Gasteiger charge is 2.28. The molecule has 170 valence electrons. The molecule has 1 amide bonds. The number of esters is 1. The number of fused-ring (bicyclic) bond motifs is 1. The van der Waals surface area contributed by atoms with Crippen molar-refractivity contribution in [2.75, 3.05) is 19.3 Å². The first-order chi connectivity index (χ1) is 16.0. The van der Waals surface area contributed by atoms with Crippen LogP contribution in [0.25, 0.3) is 17.0 Å². The van der Waals surface area contributed by atoms with Crippen LogP contribution in [0.2, 0.25) is 5.15 Å². The number of carbonyl (C=O) groups is 2. The first-order valence-electron chi connectivity index (χ1n) is 10.9. The Bertz CT molecular complexity index is 1170. The molecule has 1 saturated heterocycles. The molecule has 0 N–H and O–H groups in total. The number of halogens is 1. The van der Waals surface area contributed by atoms with Crippen LogP contribution in [-0.2, 0) is 20.9 Å².